The molecule has 6 atom stereocenters. The molecule has 7 aliphatic rings. The van der Waals surface area contributed by atoms with Gasteiger partial charge in [0.25, 0.3) is 17.0 Å². The van der Waals surface area contributed by atoms with Crippen LogP contribution in [0.2, 0.25) is 0 Å². The van der Waals surface area contributed by atoms with Crippen molar-refractivity contribution >= 4 is 43.2 Å². The van der Waals surface area contributed by atoms with Gasteiger partial charge in [-0.25, -0.2) is 18.8 Å². The first-order chi connectivity index (χ1) is 39.6. The molecule has 81 heavy (non-hydrogen) atoms. The minimum Gasteiger partial charge on any atom is -0.358 e. The molecule has 2 unspecified atom stereocenters. The topological polar surface area (TPSA) is 212 Å². The molecule has 0 amide bonds. The van der Waals surface area contributed by atoms with Crippen molar-refractivity contribution in [3.8, 4) is 0 Å². The summed E-state index contributed by atoms with van der Waals surface area (Å²) >= 11 is 0. The second-order valence-electron chi connectivity index (χ2n) is 23.9. The van der Waals surface area contributed by atoms with E-state index >= 15 is 14.4 Å². The highest BCUT2D eigenvalue weighted by atomic mass is 31.2. The Hall–Kier alpha value is -0.300. The van der Waals surface area contributed by atoms with Crippen LogP contribution in [0.5, 0.6) is 0 Å². The summed E-state index contributed by atoms with van der Waals surface area (Å²) in [6.07, 6.45) is 48.1. The minimum absolute atomic E-state index is 0.245. The van der Waals surface area contributed by atoms with E-state index < -0.39 is 77.7 Å². The summed E-state index contributed by atoms with van der Waals surface area (Å²) in [6.45, 7) is 6.73. The largest absolute Gasteiger partial charge is 0.421 e. The van der Waals surface area contributed by atoms with E-state index in [9.17, 15) is 10.2 Å². The van der Waals surface area contributed by atoms with Gasteiger partial charge >= 0.3 is 43.4 Å². The number of carbonyl (C=O) groups is 3. The average Bonchev–Trinajstić information content (AvgIpc) is 1.86. The third-order valence-corrected chi connectivity index (χ3v) is 20.2. The van der Waals surface area contributed by atoms with E-state index in [2.05, 4.69) is 20.8 Å². The molecular formula is C60H107O18P3. The van der Waals surface area contributed by atoms with Crippen LogP contribution >= 0.6 is 25.8 Å². The van der Waals surface area contributed by atoms with Crippen LogP contribution in [-0.2, 0) is 75.3 Å². The highest BCUT2D eigenvalue weighted by Gasteiger charge is 3.01. The fourth-order valence-electron chi connectivity index (χ4n) is 12.4. The second kappa shape index (κ2) is 37.5. The van der Waals surface area contributed by atoms with Gasteiger partial charge in [-0.05, 0) is 19.3 Å². The first kappa shape index (κ1) is 69.8. The van der Waals surface area contributed by atoms with E-state index in [4.69, 9.17) is 60.9 Å². The Bertz CT molecular complexity index is 1740. The van der Waals surface area contributed by atoms with Gasteiger partial charge in [-0.1, -0.05) is 290 Å². The summed E-state index contributed by atoms with van der Waals surface area (Å²) in [5.74, 6) is -15.8. The van der Waals surface area contributed by atoms with Crippen molar-refractivity contribution in [3.63, 3.8) is 0 Å². The van der Waals surface area contributed by atoms with Crippen LogP contribution in [0.4, 0.5) is 0 Å². The normalized spacial score (nSPS) is 28.9. The molecule has 18 nitrogen and oxygen atoms in total. The molecule has 7 rings (SSSR count). The van der Waals surface area contributed by atoms with Gasteiger partial charge in [0.1, 0.15) is 0 Å². The van der Waals surface area contributed by atoms with Crippen molar-refractivity contribution < 1.29 is 85.5 Å². The summed E-state index contributed by atoms with van der Waals surface area (Å²) in [5.41, 5.74) is -6.59. The number of aliphatic hydroxyl groups is 2. The Labute approximate surface area is 490 Å². The highest BCUT2D eigenvalue weighted by Crippen LogP contribution is 2.82. The van der Waals surface area contributed by atoms with Crippen molar-refractivity contribution in [2.45, 2.75) is 364 Å². The summed E-state index contributed by atoms with van der Waals surface area (Å²) in [6, 6.07) is 0. The summed E-state index contributed by atoms with van der Waals surface area (Å²) in [4.78, 5) is 71.1. The summed E-state index contributed by atoms with van der Waals surface area (Å²) in [7, 11) is -8.78. The van der Waals surface area contributed by atoms with Crippen LogP contribution in [0.15, 0.2) is 0 Å². The molecule has 0 aromatic carbocycles. The van der Waals surface area contributed by atoms with Crippen molar-refractivity contribution in [2.24, 2.45) is 0 Å². The van der Waals surface area contributed by atoms with Gasteiger partial charge in [-0.3, -0.25) is 28.0 Å². The molecule has 6 bridgehead atoms. The molecule has 0 aliphatic carbocycles. The zero-order valence-electron chi connectivity index (χ0n) is 50.2. The van der Waals surface area contributed by atoms with E-state index in [0.29, 0.717) is 32.1 Å². The summed E-state index contributed by atoms with van der Waals surface area (Å²) < 4.78 is 51.8. The maximum absolute atomic E-state index is 15.9. The molecule has 0 radical (unpaired) electrons. The number of hydrogen-bond acceptors (Lipinski definition) is 18. The van der Waals surface area contributed by atoms with Gasteiger partial charge in [0.05, 0.1) is 0 Å². The Morgan fingerprint density at radius 2 is 0.580 bits per heavy atom. The third-order valence-electron chi connectivity index (χ3n) is 17.4. The zero-order valence-corrected chi connectivity index (χ0v) is 52.9. The van der Waals surface area contributed by atoms with Crippen LogP contribution < -0.4 is 0 Å². The first-order valence-corrected chi connectivity index (χ1v) is 36.2. The molecule has 7 fully saturated rings. The van der Waals surface area contributed by atoms with Crippen molar-refractivity contribution in [1.29, 1.82) is 0 Å². The number of rotatable bonds is 51. The minimum atomic E-state index is -3.54. The van der Waals surface area contributed by atoms with Gasteiger partial charge in [-0.2, -0.15) is 14.4 Å². The van der Waals surface area contributed by atoms with E-state index in [0.717, 1.165) is 77.0 Å². The number of unbranched alkanes of at least 4 members (excludes halogenated alkanes) is 42. The SMILES string of the molecule is CCCCCCCCCCCCCCCCCC(=O)C1(C(=O)CCCCCCCCCCCCCCCCC)OOP2OO[C@]34OP5O[C@@](O)([C@@]3(OO2)O5)[C@@]1(C(=O)CCCCCCCCCCCCCCCCC)OOP1OC4(O)O1. The lowest BCUT2D eigenvalue weighted by molar-refractivity contribution is -0.583. The molecule has 2 N–H and O–H groups in total. The van der Waals surface area contributed by atoms with Crippen LogP contribution in [0.1, 0.15) is 329 Å². The van der Waals surface area contributed by atoms with E-state index in [1.807, 2.05) is 0 Å². The van der Waals surface area contributed by atoms with Gasteiger partial charge in [0.15, 0.2) is 17.3 Å². The Balaban J connectivity index is 1.16. The van der Waals surface area contributed by atoms with E-state index in [-0.39, 0.29) is 25.7 Å². The van der Waals surface area contributed by atoms with Crippen molar-refractivity contribution in [2.75, 3.05) is 0 Å². The fraction of sp³-hybridized carbons (Fsp3) is 0.950. The number of ketones is 3. The van der Waals surface area contributed by atoms with Gasteiger partial charge in [0, 0.05) is 19.3 Å². The molecule has 7 aliphatic heterocycles. The molecule has 7 heterocycles. The predicted molar refractivity (Wildman–Crippen MR) is 309 cm³/mol. The lowest BCUT2D eigenvalue weighted by Gasteiger charge is -2.55. The van der Waals surface area contributed by atoms with Crippen molar-refractivity contribution in [1.82, 2.24) is 0 Å². The van der Waals surface area contributed by atoms with Crippen molar-refractivity contribution in [3.05, 3.63) is 0 Å². The average molecular weight is 1210 g/mol. The molecular weight excluding hydrogens is 1100 g/mol. The van der Waals surface area contributed by atoms with Crippen LogP contribution in [-0.4, -0.2) is 62.1 Å². The summed E-state index contributed by atoms with van der Waals surface area (Å²) in [5, 5.41) is 25.6. The Morgan fingerprint density at radius 3 is 0.938 bits per heavy atom. The standard InChI is InChI=1S/C60H107O18P3/c1-4-7-10-13-16-19-22-25-28-31-34-37-40-43-46-49-52(61)55(53(62)50-47-44-41-38-35-32-29-26-23-20-17-14-11-8-5-2)56(54(63)51-48-45-42-39-36-33-30-27-24-21-18-15-12-9-6-3)57(64)58-59(72-79(70-57)71-58,60(65)73-80(74-60)76-67-56)69-78-81(75-66-55)77-68-58/h64-65H,4-51H2,1-3H3/t56-,57+,58+,59-,60?,79?,80?,81?/m0/s1. The molecule has 470 valence electrons. The number of carbonyl (C=O) groups excluding carboxylic acids is 3. The molecule has 0 aromatic rings. The van der Waals surface area contributed by atoms with Crippen LogP contribution in [0.25, 0.3) is 0 Å². The molecule has 1 spiro atoms. The number of Topliss-reactive ketones (excluding diaryl/α,β-unsaturated/α-hetero) is 3. The maximum atomic E-state index is 15.9. The zero-order chi connectivity index (χ0) is 57.6. The fourth-order valence-corrected chi connectivity index (χ4v) is 15.4. The second-order valence-corrected chi connectivity index (χ2v) is 26.8. The monoisotopic (exact) mass is 1210 g/mol. The molecule has 7 saturated heterocycles. The van der Waals surface area contributed by atoms with Gasteiger partial charge in [0.2, 0.25) is 0 Å². The van der Waals surface area contributed by atoms with Gasteiger partial charge in [-0.15, -0.1) is 14.0 Å². The predicted octanol–water partition coefficient (Wildman–Crippen LogP) is 18.3. The maximum Gasteiger partial charge on any atom is 0.421 e. The van der Waals surface area contributed by atoms with E-state index in [1.54, 1.807) is 0 Å². The number of fused-ring (bicyclic) bond motifs is 4. The van der Waals surface area contributed by atoms with E-state index in [1.165, 1.54) is 173 Å². The van der Waals surface area contributed by atoms with Crippen LogP contribution in [0.3, 0.4) is 0 Å². The first-order valence-electron chi connectivity index (χ1n) is 32.9. The lowest BCUT2D eigenvalue weighted by Crippen LogP contribution is -2.88. The lowest BCUT2D eigenvalue weighted by atomic mass is 9.63. The van der Waals surface area contributed by atoms with Gasteiger partial charge < -0.3 is 10.2 Å². The highest BCUT2D eigenvalue weighted by molar-refractivity contribution is 7.43. The smallest absolute Gasteiger partial charge is 0.358 e. The molecule has 21 heteroatoms. The Morgan fingerprint density at radius 1 is 0.296 bits per heavy atom. The Kier molecular flexibility index (Phi) is 32.3. The molecule has 0 aromatic heterocycles. The van der Waals surface area contributed by atoms with Crippen LogP contribution in [0, 0.1) is 0 Å². The number of hydrogen-bond donors (Lipinski definition) is 2. The molecule has 0 saturated carbocycles. The third kappa shape index (κ3) is 18.2. The quantitative estimate of drug-likeness (QED) is 0.0251.